The molecule has 1 aromatic carbocycles. The van der Waals surface area contributed by atoms with E-state index in [-0.39, 0.29) is 11.8 Å². The van der Waals surface area contributed by atoms with Gasteiger partial charge < -0.3 is 9.42 Å². The predicted octanol–water partition coefficient (Wildman–Crippen LogP) is 1.94. The van der Waals surface area contributed by atoms with Crippen molar-refractivity contribution in [2.24, 2.45) is 0 Å². The zero-order valence-corrected chi connectivity index (χ0v) is 11.5. The largest absolute Gasteiger partial charge is 0.343 e. The summed E-state index contributed by atoms with van der Waals surface area (Å²) in [7, 11) is 0. The number of rotatable bonds is 4. The summed E-state index contributed by atoms with van der Waals surface area (Å²) in [6.45, 7) is 3.51. The second-order valence-electron chi connectivity index (χ2n) is 5.27. The maximum atomic E-state index is 12.0. The van der Waals surface area contributed by atoms with Crippen LogP contribution in [0, 0.1) is 6.92 Å². The number of aromatic nitrogens is 2. The topological polar surface area (TPSA) is 59.2 Å². The lowest BCUT2D eigenvalue weighted by molar-refractivity contribution is -0.127. The van der Waals surface area contributed by atoms with Gasteiger partial charge in [0.2, 0.25) is 12.3 Å². The fraction of sp³-hybridized carbons (Fsp3) is 0.400. The van der Waals surface area contributed by atoms with E-state index in [1.54, 1.807) is 0 Å². The highest BCUT2D eigenvalue weighted by atomic mass is 16.5. The molecule has 5 heteroatoms. The molecule has 20 heavy (non-hydrogen) atoms. The third-order valence-corrected chi connectivity index (χ3v) is 3.71. The van der Waals surface area contributed by atoms with Crippen LogP contribution in [0.3, 0.4) is 0 Å². The molecule has 2 aromatic rings. The molecule has 0 N–H and O–H groups in total. The summed E-state index contributed by atoms with van der Waals surface area (Å²) in [6, 6.07) is 8.40. The van der Waals surface area contributed by atoms with Crippen LogP contribution in [0.2, 0.25) is 0 Å². The molecule has 5 nitrogen and oxygen atoms in total. The van der Waals surface area contributed by atoms with Crippen LogP contribution < -0.4 is 0 Å². The molecule has 1 aliphatic rings. The van der Waals surface area contributed by atoms with E-state index in [0.29, 0.717) is 18.8 Å². The van der Waals surface area contributed by atoms with Crippen LogP contribution in [0.5, 0.6) is 0 Å². The Labute approximate surface area is 117 Å². The van der Waals surface area contributed by atoms with Gasteiger partial charge in [-0.3, -0.25) is 4.79 Å². The van der Waals surface area contributed by atoms with Crippen molar-refractivity contribution in [1.29, 1.82) is 0 Å². The molecule has 1 aromatic heterocycles. The number of likely N-dealkylation sites (tertiary alicyclic amines) is 1. The Morgan fingerprint density at radius 2 is 2.35 bits per heavy atom. The molecule has 0 bridgehead atoms. The first-order valence-corrected chi connectivity index (χ1v) is 6.82. The van der Waals surface area contributed by atoms with Crippen molar-refractivity contribution in [2.75, 3.05) is 13.1 Å². The van der Waals surface area contributed by atoms with Gasteiger partial charge in [0.15, 0.2) is 5.82 Å². The van der Waals surface area contributed by atoms with Crippen LogP contribution in [0.15, 0.2) is 35.2 Å². The summed E-state index contributed by atoms with van der Waals surface area (Å²) < 4.78 is 4.75. The Morgan fingerprint density at radius 1 is 1.45 bits per heavy atom. The number of benzene rings is 1. The zero-order chi connectivity index (χ0) is 13.9. The maximum absolute atomic E-state index is 12.0. The molecule has 1 fully saturated rings. The number of carbonyl (C=O) groups is 1. The van der Waals surface area contributed by atoms with Gasteiger partial charge in [-0.1, -0.05) is 35.0 Å². The van der Waals surface area contributed by atoms with Gasteiger partial charge in [0.1, 0.15) is 0 Å². The summed E-state index contributed by atoms with van der Waals surface area (Å²) >= 11 is 0. The van der Waals surface area contributed by atoms with E-state index in [0.717, 1.165) is 13.0 Å². The summed E-state index contributed by atoms with van der Waals surface area (Å²) in [5.74, 6) is 0.877. The average molecular weight is 271 g/mol. The first-order valence-electron chi connectivity index (χ1n) is 6.82. The molecule has 104 valence electrons. The lowest BCUT2D eigenvalue weighted by Crippen LogP contribution is -2.27. The number of amides is 1. The van der Waals surface area contributed by atoms with Gasteiger partial charge in [0.25, 0.3) is 0 Å². The van der Waals surface area contributed by atoms with Crippen molar-refractivity contribution in [3.8, 4) is 0 Å². The first-order chi connectivity index (χ1) is 9.72. The van der Waals surface area contributed by atoms with Gasteiger partial charge in [-0.05, 0) is 18.9 Å². The fourth-order valence-electron chi connectivity index (χ4n) is 2.65. The van der Waals surface area contributed by atoms with E-state index >= 15 is 0 Å². The van der Waals surface area contributed by atoms with Crippen molar-refractivity contribution in [2.45, 2.75) is 25.7 Å². The molecule has 0 saturated carbocycles. The van der Waals surface area contributed by atoms with Crippen LogP contribution >= 0.6 is 0 Å². The number of hydrogen-bond acceptors (Lipinski definition) is 4. The van der Waals surface area contributed by atoms with Crippen molar-refractivity contribution < 1.29 is 9.32 Å². The van der Waals surface area contributed by atoms with Crippen LogP contribution in [0.25, 0.3) is 0 Å². The Kier molecular flexibility index (Phi) is 3.50. The minimum absolute atomic E-state index is 0.0683. The van der Waals surface area contributed by atoms with E-state index < -0.39 is 0 Å². The molecule has 1 atom stereocenters. The van der Waals surface area contributed by atoms with Crippen molar-refractivity contribution in [3.63, 3.8) is 0 Å². The molecular weight excluding hydrogens is 254 g/mol. The molecular formula is C15H17N3O2. The quantitative estimate of drug-likeness (QED) is 0.852. The standard InChI is InChI=1S/C15H17N3O2/c1-11-3-2-4-12(7-11)5-6-18-9-13(8-14(18)19)15-16-10-20-17-15/h2-4,7,10,13H,5-6,8-9H2,1H3. The van der Waals surface area contributed by atoms with Gasteiger partial charge >= 0.3 is 0 Å². The number of carbonyl (C=O) groups excluding carboxylic acids is 1. The van der Waals surface area contributed by atoms with Crippen molar-refractivity contribution in [3.05, 3.63) is 47.6 Å². The number of nitrogens with zero attached hydrogens (tertiary/aromatic N) is 3. The molecule has 2 heterocycles. The van der Waals surface area contributed by atoms with E-state index in [9.17, 15) is 4.79 Å². The number of aryl methyl sites for hydroxylation is 1. The third-order valence-electron chi connectivity index (χ3n) is 3.71. The Bertz CT molecular complexity index is 595. The average Bonchev–Trinajstić information content (AvgIpc) is 3.06. The first kappa shape index (κ1) is 12.8. The highest BCUT2D eigenvalue weighted by molar-refractivity contribution is 5.79. The minimum atomic E-state index is 0.0683. The van der Waals surface area contributed by atoms with E-state index in [1.807, 2.05) is 4.90 Å². The zero-order valence-electron chi connectivity index (χ0n) is 11.5. The molecule has 1 aliphatic heterocycles. The van der Waals surface area contributed by atoms with Crippen LogP contribution in [-0.4, -0.2) is 34.0 Å². The van der Waals surface area contributed by atoms with E-state index in [2.05, 4.69) is 41.3 Å². The molecule has 3 rings (SSSR count). The van der Waals surface area contributed by atoms with Gasteiger partial charge in [0, 0.05) is 25.4 Å². The van der Waals surface area contributed by atoms with Gasteiger partial charge in [-0.15, -0.1) is 0 Å². The Morgan fingerprint density at radius 3 is 3.10 bits per heavy atom. The van der Waals surface area contributed by atoms with Crippen molar-refractivity contribution >= 4 is 5.91 Å². The molecule has 0 aliphatic carbocycles. The molecule has 0 radical (unpaired) electrons. The van der Waals surface area contributed by atoms with E-state index in [1.165, 1.54) is 17.5 Å². The highest BCUT2D eigenvalue weighted by Crippen LogP contribution is 2.25. The molecule has 1 amide bonds. The van der Waals surface area contributed by atoms with Gasteiger partial charge in [-0.25, -0.2) is 0 Å². The minimum Gasteiger partial charge on any atom is -0.343 e. The summed E-state index contributed by atoms with van der Waals surface area (Å²) in [4.78, 5) is 17.9. The molecule has 1 unspecified atom stereocenters. The summed E-state index contributed by atoms with van der Waals surface area (Å²) in [5, 5.41) is 3.83. The molecule has 1 saturated heterocycles. The Hall–Kier alpha value is -2.17. The third kappa shape index (κ3) is 2.71. The summed E-state index contributed by atoms with van der Waals surface area (Å²) in [5.41, 5.74) is 2.51. The maximum Gasteiger partial charge on any atom is 0.223 e. The van der Waals surface area contributed by atoms with Crippen LogP contribution in [-0.2, 0) is 11.2 Å². The lowest BCUT2D eigenvalue weighted by atomic mass is 10.1. The van der Waals surface area contributed by atoms with E-state index in [4.69, 9.17) is 4.52 Å². The van der Waals surface area contributed by atoms with Crippen LogP contribution in [0.1, 0.15) is 29.3 Å². The predicted molar refractivity (Wildman–Crippen MR) is 73.1 cm³/mol. The lowest BCUT2D eigenvalue weighted by Gasteiger charge is -2.16. The number of hydrogen-bond donors (Lipinski definition) is 0. The van der Waals surface area contributed by atoms with Gasteiger partial charge in [0.05, 0.1) is 0 Å². The molecule has 0 spiro atoms. The van der Waals surface area contributed by atoms with Crippen molar-refractivity contribution in [1.82, 2.24) is 15.0 Å². The van der Waals surface area contributed by atoms with Crippen LogP contribution in [0.4, 0.5) is 0 Å². The normalized spacial score (nSPS) is 18.8. The smallest absolute Gasteiger partial charge is 0.223 e. The second kappa shape index (κ2) is 5.45. The monoisotopic (exact) mass is 271 g/mol. The second-order valence-corrected chi connectivity index (χ2v) is 5.27. The fourth-order valence-corrected chi connectivity index (χ4v) is 2.65. The summed E-state index contributed by atoms with van der Waals surface area (Å²) in [6.07, 6.45) is 2.68. The highest BCUT2D eigenvalue weighted by Gasteiger charge is 2.32. The SMILES string of the molecule is Cc1cccc(CCN2CC(c3ncon3)CC2=O)c1. The van der Waals surface area contributed by atoms with Gasteiger partial charge in [-0.2, -0.15) is 4.98 Å². The Balaban J connectivity index is 1.60.